The Morgan fingerprint density at radius 3 is 3.00 bits per heavy atom. The van der Waals surface area contributed by atoms with Gasteiger partial charge in [-0.15, -0.1) is 0 Å². The number of anilines is 3. The average Bonchev–Trinajstić information content (AvgIpc) is 2.60. The van der Waals surface area contributed by atoms with Gasteiger partial charge in [-0.05, 0) is 32.1 Å². The second kappa shape index (κ2) is 8.05. The zero-order chi connectivity index (χ0) is 18.5. The highest BCUT2D eigenvalue weighted by Crippen LogP contribution is 2.30. The lowest BCUT2D eigenvalue weighted by molar-refractivity contribution is 0.0943. The van der Waals surface area contributed by atoms with Crippen LogP contribution >= 0.6 is 11.6 Å². The summed E-state index contributed by atoms with van der Waals surface area (Å²) in [6, 6.07) is 5.30. The van der Waals surface area contributed by atoms with E-state index < -0.39 is 0 Å². The minimum atomic E-state index is -0.247. The molecule has 0 aliphatic carbocycles. The van der Waals surface area contributed by atoms with Crippen LogP contribution in [0.25, 0.3) is 0 Å². The first-order valence-electron chi connectivity index (χ1n) is 8.29. The van der Waals surface area contributed by atoms with E-state index in [-0.39, 0.29) is 11.9 Å². The summed E-state index contributed by atoms with van der Waals surface area (Å²) in [5, 5.41) is 9.61. The van der Waals surface area contributed by atoms with Gasteiger partial charge in [-0.2, -0.15) is 4.98 Å². The Bertz CT molecular complexity index is 838. The van der Waals surface area contributed by atoms with Gasteiger partial charge >= 0.3 is 0 Å². The highest BCUT2D eigenvalue weighted by molar-refractivity contribution is 6.32. The van der Waals surface area contributed by atoms with E-state index in [1.807, 2.05) is 26.0 Å². The molecule has 2 aromatic rings. The second-order valence-corrected chi connectivity index (χ2v) is 6.42. The third-order valence-corrected chi connectivity index (χ3v) is 3.84. The molecule has 0 atom stereocenters. The first-order valence-corrected chi connectivity index (χ1v) is 8.67. The summed E-state index contributed by atoms with van der Waals surface area (Å²) in [6.07, 6.45) is 5.30. The zero-order valence-corrected chi connectivity index (χ0v) is 15.3. The summed E-state index contributed by atoms with van der Waals surface area (Å²) in [5.41, 5.74) is 1.06. The normalized spacial score (nSPS) is 14.6. The predicted octanol–water partition coefficient (Wildman–Crippen LogP) is 3.37. The maximum absolute atomic E-state index is 12.5. The van der Waals surface area contributed by atoms with Crippen LogP contribution in [0.3, 0.4) is 0 Å². The summed E-state index contributed by atoms with van der Waals surface area (Å²) < 4.78 is 5.68. The molecule has 8 heteroatoms. The Morgan fingerprint density at radius 1 is 1.35 bits per heavy atom. The molecular formula is C18H20ClN5O2. The Balaban J connectivity index is 2.01. The number of benzene rings is 1. The maximum Gasteiger partial charge on any atom is 0.256 e. The number of nitrogens with one attached hydrogen (secondary N) is 3. The molecule has 1 aromatic carbocycles. The maximum atomic E-state index is 12.5. The molecule has 136 valence electrons. The molecule has 0 unspecified atom stereocenters. The third-order valence-electron chi connectivity index (χ3n) is 3.53. The van der Waals surface area contributed by atoms with Crippen molar-refractivity contribution >= 4 is 35.0 Å². The molecule has 1 aromatic heterocycles. The zero-order valence-electron chi connectivity index (χ0n) is 14.5. The van der Waals surface area contributed by atoms with Crippen molar-refractivity contribution in [2.45, 2.75) is 19.9 Å². The Labute approximate surface area is 156 Å². The van der Waals surface area contributed by atoms with E-state index in [2.05, 4.69) is 25.9 Å². The number of carbonyl (C=O) groups excluding carboxylic acids is 1. The molecule has 26 heavy (non-hydrogen) atoms. The van der Waals surface area contributed by atoms with E-state index in [4.69, 9.17) is 16.3 Å². The lowest BCUT2D eigenvalue weighted by Crippen LogP contribution is -2.31. The van der Waals surface area contributed by atoms with E-state index in [1.165, 1.54) is 6.20 Å². The number of ether oxygens (including phenoxy) is 1. The number of rotatable bonds is 2. The Kier molecular flexibility index (Phi) is 5.58. The molecule has 1 aliphatic heterocycles. The van der Waals surface area contributed by atoms with Crippen LogP contribution in [0, 0.1) is 0 Å². The summed E-state index contributed by atoms with van der Waals surface area (Å²) in [5.74, 6) is 1.13. The smallest absolute Gasteiger partial charge is 0.256 e. The number of hydrogen-bond donors (Lipinski definition) is 3. The fourth-order valence-electron chi connectivity index (χ4n) is 2.34. The first kappa shape index (κ1) is 18.0. The summed E-state index contributed by atoms with van der Waals surface area (Å²) in [6.45, 7) is 4.72. The molecule has 0 spiro atoms. The van der Waals surface area contributed by atoms with Gasteiger partial charge in [0.25, 0.3) is 5.91 Å². The number of hydrogen-bond acceptors (Lipinski definition) is 6. The summed E-state index contributed by atoms with van der Waals surface area (Å²) in [4.78, 5) is 21.1. The van der Waals surface area contributed by atoms with Gasteiger partial charge in [0.15, 0.2) is 0 Å². The monoisotopic (exact) mass is 373 g/mol. The largest absolute Gasteiger partial charge is 0.488 e. The van der Waals surface area contributed by atoms with Gasteiger partial charge in [0.2, 0.25) is 5.95 Å². The van der Waals surface area contributed by atoms with Crippen LogP contribution in [0.1, 0.15) is 24.2 Å². The molecule has 3 rings (SSSR count). The van der Waals surface area contributed by atoms with Crippen molar-refractivity contribution in [3.8, 4) is 5.75 Å². The average molecular weight is 374 g/mol. The fourth-order valence-corrected chi connectivity index (χ4v) is 2.51. The van der Waals surface area contributed by atoms with E-state index in [0.29, 0.717) is 46.9 Å². The van der Waals surface area contributed by atoms with E-state index >= 15 is 0 Å². The topological polar surface area (TPSA) is 88.2 Å². The molecular weight excluding hydrogens is 354 g/mol. The molecule has 7 nitrogen and oxygen atoms in total. The van der Waals surface area contributed by atoms with Crippen LogP contribution in [0.5, 0.6) is 5.75 Å². The number of halogens is 1. The van der Waals surface area contributed by atoms with Gasteiger partial charge in [-0.3, -0.25) is 4.79 Å². The van der Waals surface area contributed by atoms with Crippen molar-refractivity contribution in [2.75, 3.05) is 23.8 Å². The highest BCUT2D eigenvalue weighted by atomic mass is 35.5. The molecule has 4 bridgehead atoms. The Morgan fingerprint density at radius 2 is 2.19 bits per heavy atom. The van der Waals surface area contributed by atoms with Gasteiger partial charge in [0.1, 0.15) is 23.7 Å². The van der Waals surface area contributed by atoms with Crippen molar-refractivity contribution in [1.29, 1.82) is 0 Å². The summed E-state index contributed by atoms with van der Waals surface area (Å²) in [7, 11) is 0. The number of aromatic nitrogens is 2. The van der Waals surface area contributed by atoms with Gasteiger partial charge in [-0.25, -0.2) is 4.98 Å². The molecule has 0 radical (unpaired) electrons. The van der Waals surface area contributed by atoms with Gasteiger partial charge in [0, 0.05) is 30.5 Å². The van der Waals surface area contributed by atoms with Crippen molar-refractivity contribution in [2.24, 2.45) is 0 Å². The Hall–Kier alpha value is -2.80. The summed E-state index contributed by atoms with van der Waals surface area (Å²) >= 11 is 6.18. The quantitative estimate of drug-likeness (QED) is 0.699. The van der Waals surface area contributed by atoms with Gasteiger partial charge in [0.05, 0.1) is 5.02 Å². The van der Waals surface area contributed by atoms with Crippen LogP contribution in [0.15, 0.2) is 36.5 Å². The van der Waals surface area contributed by atoms with Crippen molar-refractivity contribution in [3.63, 3.8) is 0 Å². The molecule has 1 amide bonds. The first-order chi connectivity index (χ1) is 12.5. The van der Waals surface area contributed by atoms with Crippen LogP contribution in [-0.2, 0) is 0 Å². The predicted molar refractivity (Wildman–Crippen MR) is 102 cm³/mol. The number of carbonyl (C=O) groups is 1. The fraction of sp³-hybridized carbons (Fsp3) is 0.278. The number of amides is 1. The minimum Gasteiger partial charge on any atom is -0.488 e. The second-order valence-electron chi connectivity index (χ2n) is 6.02. The molecule has 3 N–H and O–H groups in total. The SMILES string of the molecule is CC(C)NC(=O)c1cnc2nc1Nc1ccc(Cl)c(c1)OC/C=C\CN2. The van der Waals surface area contributed by atoms with Crippen LogP contribution in [0.2, 0.25) is 5.02 Å². The van der Waals surface area contributed by atoms with Crippen LogP contribution in [-0.4, -0.2) is 35.1 Å². The molecule has 0 fully saturated rings. The molecule has 1 aliphatic rings. The highest BCUT2D eigenvalue weighted by Gasteiger charge is 2.16. The van der Waals surface area contributed by atoms with Crippen LogP contribution < -0.4 is 20.7 Å². The van der Waals surface area contributed by atoms with E-state index in [0.717, 1.165) is 0 Å². The molecule has 2 heterocycles. The van der Waals surface area contributed by atoms with E-state index in [1.54, 1.807) is 18.2 Å². The number of fused-ring (bicyclic) bond motifs is 4. The molecule has 0 saturated carbocycles. The van der Waals surface area contributed by atoms with Crippen molar-refractivity contribution in [1.82, 2.24) is 15.3 Å². The lowest BCUT2D eigenvalue weighted by Gasteiger charge is -2.15. The third kappa shape index (κ3) is 4.43. The van der Waals surface area contributed by atoms with Crippen LogP contribution in [0.4, 0.5) is 17.5 Å². The van der Waals surface area contributed by atoms with Gasteiger partial charge < -0.3 is 20.7 Å². The molecule has 0 saturated heterocycles. The minimum absolute atomic E-state index is 0.00271. The lowest BCUT2D eigenvalue weighted by atomic mass is 10.2. The van der Waals surface area contributed by atoms with E-state index in [9.17, 15) is 4.79 Å². The number of nitrogens with zero attached hydrogens (tertiary/aromatic N) is 2. The van der Waals surface area contributed by atoms with Gasteiger partial charge in [-0.1, -0.05) is 17.7 Å². The standard InChI is InChI=1S/C18H20ClN5O2/c1-11(2)22-17(25)13-10-21-18-20-7-3-4-8-26-15-9-12(5-6-14(15)19)23-16(13)24-18/h3-6,9-11H,7-8H2,1-2H3,(H,22,25)(H2,20,21,23,24)/b4-3-. The van der Waals surface area contributed by atoms with Crippen molar-refractivity contribution < 1.29 is 9.53 Å². The van der Waals surface area contributed by atoms with Crippen molar-refractivity contribution in [3.05, 3.63) is 47.1 Å².